The summed E-state index contributed by atoms with van der Waals surface area (Å²) in [4.78, 5) is 0.0663. The first-order chi connectivity index (χ1) is 13.9. The molecular formula is C23H21NO4S. The highest BCUT2D eigenvalue weighted by Crippen LogP contribution is 2.40. The molecule has 0 spiro atoms. The maximum absolute atomic E-state index is 11.6. The molecule has 6 heteroatoms. The molecule has 1 heterocycles. The van der Waals surface area contributed by atoms with Gasteiger partial charge in [-0.05, 0) is 60.0 Å². The molecule has 5 nitrogen and oxygen atoms in total. The molecule has 0 atom stereocenters. The van der Waals surface area contributed by atoms with Crippen LogP contribution in [0.4, 0.5) is 0 Å². The second-order valence-corrected chi connectivity index (χ2v) is 8.51. The Hall–Kier alpha value is -3.09. The molecule has 0 radical (unpaired) electrons. The number of hydrogen-bond donors (Lipinski definition) is 1. The number of allylic oxidation sites excluding steroid dienone is 1. The predicted molar refractivity (Wildman–Crippen MR) is 113 cm³/mol. The van der Waals surface area contributed by atoms with Gasteiger partial charge in [-0.2, -0.15) is 0 Å². The fraction of sp³-hybridized carbons (Fsp3) is 0.130. The minimum Gasteiger partial charge on any atom is -0.496 e. The number of para-hydroxylation sites is 1. The number of aryl methyl sites for hydroxylation is 1. The third-order valence-electron chi connectivity index (χ3n) is 5.03. The number of rotatable bonds is 4. The van der Waals surface area contributed by atoms with Gasteiger partial charge < -0.3 is 9.47 Å². The van der Waals surface area contributed by atoms with Crippen molar-refractivity contribution in [1.29, 1.82) is 0 Å². The van der Waals surface area contributed by atoms with E-state index in [1.165, 1.54) is 12.1 Å². The Morgan fingerprint density at radius 2 is 1.66 bits per heavy atom. The van der Waals surface area contributed by atoms with Crippen LogP contribution in [0.1, 0.15) is 22.3 Å². The SMILES string of the molecule is COc1cc(C2=C(c3ccc(S(N)(=O)=O)cc3)Oc3ccccc3C2)ccc1C. The summed E-state index contributed by atoms with van der Waals surface area (Å²) in [6.45, 7) is 2.00. The number of primary sulfonamides is 1. The van der Waals surface area contributed by atoms with Crippen LogP contribution < -0.4 is 14.6 Å². The average molecular weight is 407 g/mol. The summed E-state index contributed by atoms with van der Waals surface area (Å²) in [7, 11) is -2.10. The first kappa shape index (κ1) is 19.2. The van der Waals surface area contributed by atoms with E-state index in [1.54, 1.807) is 19.2 Å². The van der Waals surface area contributed by atoms with Gasteiger partial charge in [0.1, 0.15) is 17.3 Å². The van der Waals surface area contributed by atoms with Gasteiger partial charge in [0, 0.05) is 17.6 Å². The van der Waals surface area contributed by atoms with Crippen LogP contribution in [0.3, 0.4) is 0 Å². The van der Waals surface area contributed by atoms with E-state index in [9.17, 15) is 8.42 Å². The first-order valence-electron chi connectivity index (χ1n) is 9.14. The van der Waals surface area contributed by atoms with Crippen molar-refractivity contribution in [3.05, 3.63) is 89.0 Å². The molecule has 0 saturated carbocycles. The zero-order valence-electron chi connectivity index (χ0n) is 16.2. The van der Waals surface area contributed by atoms with Crippen molar-refractivity contribution in [3.8, 4) is 11.5 Å². The van der Waals surface area contributed by atoms with Gasteiger partial charge in [0.25, 0.3) is 0 Å². The molecule has 1 aliphatic heterocycles. The van der Waals surface area contributed by atoms with Crippen molar-refractivity contribution >= 4 is 21.4 Å². The lowest BCUT2D eigenvalue weighted by Gasteiger charge is -2.24. The molecule has 1 aliphatic rings. The average Bonchev–Trinajstić information content (AvgIpc) is 2.72. The molecule has 0 amide bonds. The number of ether oxygens (including phenoxy) is 2. The van der Waals surface area contributed by atoms with Crippen molar-refractivity contribution in [2.45, 2.75) is 18.2 Å². The standard InChI is InChI=1S/C23H21NO4S/c1-15-7-8-17(14-22(15)27-2)20-13-18-5-3-4-6-21(18)28-23(20)16-9-11-19(12-10-16)29(24,25)26/h3-12,14H,13H2,1-2H3,(H2,24,25,26). The maximum atomic E-state index is 11.6. The van der Waals surface area contributed by atoms with E-state index in [1.807, 2.05) is 49.4 Å². The van der Waals surface area contributed by atoms with Crippen molar-refractivity contribution in [2.24, 2.45) is 5.14 Å². The van der Waals surface area contributed by atoms with Gasteiger partial charge in [0.05, 0.1) is 12.0 Å². The zero-order chi connectivity index (χ0) is 20.6. The van der Waals surface area contributed by atoms with Gasteiger partial charge in [-0.3, -0.25) is 0 Å². The summed E-state index contributed by atoms with van der Waals surface area (Å²) >= 11 is 0. The van der Waals surface area contributed by atoms with Crippen molar-refractivity contribution in [1.82, 2.24) is 0 Å². The smallest absolute Gasteiger partial charge is 0.238 e. The highest BCUT2D eigenvalue weighted by Gasteiger charge is 2.23. The minimum absolute atomic E-state index is 0.0663. The Kier molecular flexibility index (Phi) is 4.90. The second-order valence-electron chi connectivity index (χ2n) is 6.95. The monoisotopic (exact) mass is 407 g/mol. The molecule has 2 N–H and O–H groups in total. The van der Waals surface area contributed by atoms with Gasteiger partial charge in [0.15, 0.2) is 0 Å². The van der Waals surface area contributed by atoms with Gasteiger partial charge >= 0.3 is 0 Å². The minimum atomic E-state index is -3.75. The molecule has 4 rings (SSSR count). The highest BCUT2D eigenvalue weighted by molar-refractivity contribution is 7.89. The summed E-state index contributed by atoms with van der Waals surface area (Å²) in [5.74, 6) is 2.29. The summed E-state index contributed by atoms with van der Waals surface area (Å²) in [5, 5.41) is 5.23. The van der Waals surface area contributed by atoms with E-state index in [2.05, 4.69) is 0 Å². The van der Waals surface area contributed by atoms with E-state index < -0.39 is 10.0 Å². The van der Waals surface area contributed by atoms with Crippen LogP contribution in [0.15, 0.2) is 71.6 Å². The van der Waals surface area contributed by atoms with Crippen LogP contribution in [0, 0.1) is 6.92 Å². The van der Waals surface area contributed by atoms with E-state index in [-0.39, 0.29) is 4.90 Å². The fourth-order valence-electron chi connectivity index (χ4n) is 3.46. The van der Waals surface area contributed by atoms with Crippen LogP contribution in [0.25, 0.3) is 11.3 Å². The van der Waals surface area contributed by atoms with E-state index in [4.69, 9.17) is 14.6 Å². The van der Waals surface area contributed by atoms with Crippen LogP contribution >= 0.6 is 0 Å². The van der Waals surface area contributed by atoms with Crippen molar-refractivity contribution in [2.75, 3.05) is 7.11 Å². The maximum Gasteiger partial charge on any atom is 0.238 e. The fourth-order valence-corrected chi connectivity index (χ4v) is 3.98. The second kappa shape index (κ2) is 7.39. The molecule has 3 aromatic rings. The summed E-state index contributed by atoms with van der Waals surface area (Å²) < 4.78 is 35.0. The third kappa shape index (κ3) is 3.77. The van der Waals surface area contributed by atoms with Crippen LogP contribution in [-0.2, 0) is 16.4 Å². The molecule has 0 unspecified atom stereocenters. The number of sulfonamides is 1. The van der Waals surface area contributed by atoms with Gasteiger partial charge in [0.2, 0.25) is 10.0 Å². The van der Waals surface area contributed by atoms with Gasteiger partial charge in [-0.15, -0.1) is 0 Å². The third-order valence-corrected chi connectivity index (χ3v) is 5.96. The molecule has 0 aliphatic carbocycles. The van der Waals surface area contributed by atoms with E-state index in [0.29, 0.717) is 12.2 Å². The Bertz CT molecular complexity index is 1210. The molecule has 0 bridgehead atoms. The van der Waals surface area contributed by atoms with E-state index >= 15 is 0 Å². The predicted octanol–water partition coefficient (Wildman–Crippen LogP) is 4.15. The van der Waals surface area contributed by atoms with Gasteiger partial charge in [-0.25, -0.2) is 13.6 Å². The topological polar surface area (TPSA) is 78.6 Å². The molecule has 3 aromatic carbocycles. The molecule has 148 valence electrons. The summed E-state index contributed by atoms with van der Waals surface area (Å²) in [5.41, 5.74) is 4.92. The Morgan fingerprint density at radius 3 is 2.34 bits per heavy atom. The Balaban J connectivity index is 1.87. The first-order valence-corrected chi connectivity index (χ1v) is 10.7. The summed E-state index contributed by atoms with van der Waals surface area (Å²) in [6.07, 6.45) is 0.689. The van der Waals surface area contributed by atoms with Crippen LogP contribution in [0.2, 0.25) is 0 Å². The lowest BCUT2D eigenvalue weighted by atomic mass is 9.91. The number of fused-ring (bicyclic) bond motifs is 1. The number of methoxy groups -OCH3 is 1. The molecule has 29 heavy (non-hydrogen) atoms. The van der Waals surface area contributed by atoms with Crippen molar-refractivity contribution < 1.29 is 17.9 Å². The zero-order valence-corrected chi connectivity index (χ0v) is 17.0. The van der Waals surface area contributed by atoms with E-state index in [0.717, 1.165) is 39.3 Å². The molecule has 0 fully saturated rings. The molecule has 0 aromatic heterocycles. The molecule has 0 saturated heterocycles. The number of benzene rings is 3. The molecular weight excluding hydrogens is 386 g/mol. The lowest BCUT2D eigenvalue weighted by molar-refractivity contribution is 0.411. The number of hydrogen-bond acceptors (Lipinski definition) is 4. The lowest BCUT2D eigenvalue weighted by Crippen LogP contribution is -2.13. The summed E-state index contributed by atoms with van der Waals surface area (Å²) in [6, 6.07) is 20.4. The van der Waals surface area contributed by atoms with Crippen molar-refractivity contribution in [3.63, 3.8) is 0 Å². The quantitative estimate of drug-likeness (QED) is 0.705. The highest BCUT2D eigenvalue weighted by atomic mass is 32.2. The normalized spacial score (nSPS) is 13.6. The van der Waals surface area contributed by atoms with Crippen LogP contribution in [-0.4, -0.2) is 15.5 Å². The number of nitrogens with two attached hydrogens (primary N) is 1. The van der Waals surface area contributed by atoms with Crippen LogP contribution in [0.5, 0.6) is 11.5 Å². The Labute approximate surface area is 170 Å². The largest absolute Gasteiger partial charge is 0.496 e. The Morgan fingerprint density at radius 1 is 0.966 bits per heavy atom. The van der Waals surface area contributed by atoms with Gasteiger partial charge in [-0.1, -0.05) is 30.3 Å².